The zero-order valence-corrected chi connectivity index (χ0v) is 34.7. The second-order valence-electron chi connectivity index (χ2n) is 16.8. The van der Waals surface area contributed by atoms with Crippen molar-refractivity contribution < 1.29 is 144 Å². The first-order chi connectivity index (χ1) is 30.6. The average Bonchev–Trinajstić information content (AvgIpc) is 3.28. The first kappa shape index (κ1) is 53.2. The molecule has 1 unspecified atom stereocenters. The van der Waals surface area contributed by atoms with E-state index >= 15 is 0 Å². The standard InChI is InChI=1S/C36H62O29/c1-7-27(62-35-21(48)17(44)13(40)9(3-37)60-35)20(47)24(51)34(57-7)65-30-16(43)11(5-39)59-32(26(30)53)55-6-12-14(41)18(45)22(49)36(61-12)63-28-8(2)56-33(23(50)19(28)46)64-29-15(42)10(4-38)58-31(54)25(29)52/h7-54H,3-6H2,1-2H3/t7-,8-,9+,10+,11+,12+,13+,14+,15-,16-,17-,18-,19-,20-,21+,22+,23+,24+,25+,26+,27-,28-,29-,30-,31?,32+,33-,34-,35-,36-/m0/s1. The average molecular weight is 959 g/mol. The molecule has 0 amide bonds. The summed E-state index contributed by atoms with van der Waals surface area (Å²) >= 11 is 0. The van der Waals surface area contributed by atoms with Crippen LogP contribution < -0.4 is 0 Å². The van der Waals surface area contributed by atoms with Gasteiger partial charge in [0.05, 0.1) is 38.6 Å². The van der Waals surface area contributed by atoms with Crippen LogP contribution in [0.3, 0.4) is 0 Å². The zero-order valence-electron chi connectivity index (χ0n) is 34.7. The molecule has 0 aromatic carbocycles. The van der Waals surface area contributed by atoms with Crippen molar-refractivity contribution in [3.8, 4) is 0 Å². The van der Waals surface area contributed by atoms with Gasteiger partial charge in [-0.3, -0.25) is 0 Å². The van der Waals surface area contributed by atoms with E-state index < -0.39 is 211 Å². The van der Waals surface area contributed by atoms with Crippen LogP contribution in [0.4, 0.5) is 0 Å². The molecule has 65 heavy (non-hydrogen) atoms. The molecule has 0 aromatic rings. The predicted octanol–water partition coefficient (Wildman–Crippen LogP) is -12.0. The number of aliphatic hydroxyl groups is 18. The minimum atomic E-state index is -2.02. The van der Waals surface area contributed by atoms with Gasteiger partial charge in [0.25, 0.3) is 0 Å². The minimum Gasteiger partial charge on any atom is -0.394 e. The summed E-state index contributed by atoms with van der Waals surface area (Å²) in [6.45, 7) is -0.606. The van der Waals surface area contributed by atoms with E-state index in [1.54, 1.807) is 0 Å². The van der Waals surface area contributed by atoms with E-state index in [0.29, 0.717) is 0 Å². The molecule has 0 radical (unpaired) electrons. The van der Waals surface area contributed by atoms with Crippen molar-refractivity contribution in [3.05, 3.63) is 0 Å². The molecule has 0 bridgehead atoms. The molecular weight excluding hydrogens is 896 g/mol. The van der Waals surface area contributed by atoms with Gasteiger partial charge < -0.3 is 144 Å². The Kier molecular flexibility index (Phi) is 18.2. The Morgan fingerprint density at radius 3 is 1.11 bits per heavy atom. The molecule has 30 atom stereocenters. The molecule has 29 heteroatoms. The van der Waals surface area contributed by atoms with Gasteiger partial charge in [0.1, 0.15) is 134 Å². The van der Waals surface area contributed by atoms with Crippen LogP contribution in [0.1, 0.15) is 13.8 Å². The summed E-state index contributed by atoms with van der Waals surface area (Å²) in [5.74, 6) is 0. The van der Waals surface area contributed by atoms with Crippen LogP contribution >= 0.6 is 0 Å². The van der Waals surface area contributed by atoms with E-state index in [9.17, 15) is 91.9 Å². The van der Waals surface area contributed by atoms with Gasteiger partial charge in [-0.1, -0.05) is 0 Å². The first-order valence-electron chi connectivity index (χ1n) is 20.8. The van der Waals surface area contributed by atoms with Gasteiger partial charge in [-0.2, -0.15) is 0 Å². The quantitative estimate of drug-likeness (QED) is 0.0768. The van der Waals surface area contributed by atoms with Crippen LogP contribution in [-0.4, -0.2) is 303 Å². The molecule has 18 N–H and O–H groups in total. The largest absolute Gasteiger partial charge is 0.394 e. The van der Waals surface area contributed by atoms with E-state index in [0.717, 1.165) is 0 Å². The highest BCUT2D eigenvalue weighted by molar-refractivity contribution is 4.98. The molecule has 6 fully saturated rings. The van der Waals surface area contributed by atoms with Crippen LogP contribution in [0.2, 0.25) is 0 Å². The van der Waals surface area contributed by atoms with E-state index in [1.165, 1.54) is 13.8 Å². The molecular formula is C36H62O29. The van der Waals surface area contributed by atoms with Crippen LogP contribution in [0, 0.1) is 0 Å². The number of hydrogen-bond donors (Lipinski definition) is 18. The van der Waals surface area contributed by atoms with Crippen molar-refractivity contribution in [1.29, 1.82) is 0 Å². The molecule has 6 heterocycles. The number of hydrogen-bond acceptors (Lipinski definition) is 29. The fourth-order valence-corrected chi connectivity index (χ4v) is 8.35. The smallest absolute Gasteiger partial charge is 0.187 e. The molecule has 0 saturated carbocycles. The SMILES string of the molecule is C[C@@H]1O[C@@H](O[C@H]2[C@@H](O)[C@@H](CO)O[C@@H](OC[C@H]3O[C@@H](O[C@@H]4[C@@H](O)[C@@H](O)[C@H](O[C@H]5[C@@H](O)[C@@H](CO)OC(O)[C@@H]5O)O[C@H]4C)[C@H](O)[C@@H](O)[C@@H]3O)[C@@H]2O)[C@H](O)[C@H](O)[C@H]1O[C@@H]1O[C@H](CO)[C@@H](O)[C@H](O)[C@H]1O. The second kappa shape index (κ2) is 22.3. The van der Waals surface area contributed by atoms with Crippen molar-refractivity contribution in [3.63, 3.8) is 0 Å². The van der Waals surface area contributed by atoms with E-state index in [-0.39, 0.29) is 0 Å². The molecule has 6 saturated heterocycles. The Labute approximate surface area is 368 Å². The fraction of sp³-hybridized carbons (Fsp3) is 1.00. The van der Waals surface area contributed by atoms with Crippen molar-refractivity contribution >= 4 is 0 Å². The number of aliphatic hydroxyl groups excluding tert-OH is 18. The highest BCUT2D eigenvalue weighted by atomic mass is 16.8. The lowest BCUT2D eigenvalue weighted by Gasteiger charge is -2.48. The number of ether oxygens (including phenoxy) is 11. The van der Waals surface area contributed by atoms with E-state index in [1.807, 2.05) is 0 Å². The highest BCUT2D eigenvalue weighted by Gasteiger charge is 2.56. The summed E-state index contributed by atoms with van der Waals surface area (Å²) in [7, 11) is 0. The first-order valence-corrected chi connectivity index (χ1v) is 20.8. The Bertz CT molecular complexity index is 1470. The maximum absolute atomic E-state index is 11.3. The Morgan fingerprint density at radius 1 is 0.308 bits per heavy atom. The maximum Gasteiger partial charge on any atom is 0.187 e. The van der Waals surface area contributed by atoms with Gasteiger partial charge >= 0.3 is 0 Å². The fourth-order valence-electron chi connectivity index (χ4n) is 8.35. The maximum atomic E-state index is 11.3. The Hall–Kier alpha value is -1.16. The molecule has 0 aliphatic carbocycles. The second-order valence-corrected chi connectivity index (χ2v) is 16.8. The van der Waals surface area contributed by atoms with Crippen molar-refractivity contribution in [2.24, 2.45) is 0 Å². The summed E-state index contributed by atoms with van der Waals surface area (Å²) in [6.07, 6.45) is -52.6. The Balaban J connectivity index is 1.06. The molecule has 29 nitrogen and oxygen atoms in total. The lowest BCUT2D eigenvalue weighted by atomic mass is 9.96. The van der Waals surface area contributed by atoms with Gasteiger partial charge in [0.2, 0.25) is 0 Å². The monoisotopic (exact) mass is 958 g/mol. The third kappa shape index (κ3) is 10.9. The third-order valence-electron chi connectivity index (χ3n) is 12.3. The van der Waals surface area contributed by atoms with Gasteiger partial charge in [-0.05, 0) is 13.8 Å². The van der Waals surface area contributed by atoms with Gasteiger partial charge in [-0.25, -0.2) is 0 Å². The summed E-state index contributed by atoms with van der Waals surface area (Å²) in [5.41, 5.74) is 0. The van der Waals surface area contributed by atoms with Crippen molar-refractivity contribution in [2.45, 2.75) is 198 Å². The van der Waals surface area contributed by atoms with Crippen LogP contribution in [-0.2, 0) is 52.1 Å². The topological polar surface area (TPSA) is 466 Å². The molecule has 0 aromatic heterocycles. The van der Waals surface area contributed by atoms with Crippen LogP contribution in [0.25, 0.3) is 0 Å². The molecule has 6 aliphatic heterocycles. The van der Waals surface area contributed by atoms with E-state index in [2.05, 4.69) is 0 Å². The van der Waals surface area contributed by atoms with Crippen LogP contribution in [0.5, 0.6) is 0 Å². The summed E-state index contributed by atoms with van der Waals surface area (Å²) in [5, 5.41) is 189. The normalized spacial score (nSPS) is 54.6. The predicted molar refractivity (Wildman–Crippen MR) is 196 cm³/mol. The molecule has 380 valence electrons. The lowest BCUT2D eigenvalue weighted by Crippen LogP contribution is -2.66. The highest BCUT2D eigenvalue weighted by Crippen LogP contribution is 2.35. The van der Waals surface area contributed by atoms with Gasteiger partial charge in [0.15, 0.2) is 37.7 Å². The minimum absolute atomic E-state index is 0.779. The molecule has 6 aliphatic rings. The lowest BCUT2D eigenvalue weighted by molar-refractivity contribution is -0.383. The van der Waals surface area contributed by atoms with Crippen molar-refractivity contribution in [1.82, 2.24) is 0 Å². The summed E-state index contributed by atoms with van der Waals surface area (Å²) < 4.78 is 60.8. The molecule has 6 rings (SSSR count). The third-order valence-corrected chi connectivity index (χ3v) is 12.3. The van der Waals surface area contributed by atoms with Gasteiger partial charge in [-0.15, -0.1) is 0 Å². The summed E-state index contributed by atoms with van der Waals surface area (Å²) in [6, 6.07) is 0. The summed E-state index contributed by atoms with van der Waals surface area (Å²) in [4.78, 5) is 0. The van der Waals surface area contributed by atoms with Crippen molar-refractivity contribution in [2.75, 3.05) is 26.4 Å². The van der Waals surface area contributed by atoms with Crippen LogP contribution in [0.15, 0.2) is 0 Å². The Morgan fingerprint density at radius 2 is 0.646 bits per heavy atom. The van der Waals surface area contributed by atoms with Gasteiger partial charge in [0, 0.05) is 0 Å². The number of rotatable bonds is 14. The molecule has 0 spiro atoms. The zero-order chi connectivity index (χ0) is 47.9. The van der Waals surface area contributed by atoms with E-state index in [4.69, 9.17) is 52.1 Å².